The van der Waals surface area contributed by atoms with Crippen molar-refractivity contribution < 1.29 is 13.0 Å². The van der Waals surface area contributed by atoms with E-state index in [1.807, 2.05) is 0 Å². The van der Waals surface area contributed by atoms with E-state index < -0.39 is 10.1 Å². The van der Waals surface area contributed by atoms with Crippen LogP contribution in [-0.2, 0) is 17.2 Å². The summed E-state index contributed by atoms with van der Waals surface area (Å²) in [5.74, 6) is 0. The van der Waals surface area contributed by atoms with E-state index in [2.05, 4.69) is 5.10 Å². The van der Waals surface area contributed by atoms with Crippen LogP contribution in [0.4, 0.5) is 0 Å². The molecule has 1 aromatic heterocycles. The Morgan fingerprint density at radius 1 is 1.70 bits per heavy atom. The lowest BCUT2D eigenvalue weighted by Crippen LogP contribution is -2.05. The molecule has 0 bridgehead atoms. The van der Waals surface area contributed by atoms with E-state index in [4.69, 9.17) is 4.55 Å². The Morgan fingerprint density at radius 3 is 2.50 bits per heavy atom. The average molecular weight is 162 g/mol. The molecule has 56 valence electrons. The molecule has 0 amide bonds. The lowest BCUT2D eigenvalue weighted by atomic mass is 10.7. The molecule has 0 radical (unpaired) electrons. The zero-order valence-corrected chi connectivity index (χ0v) is 6.04. The molecule has 1 heterocycles. The van der Waals surface area contributed by atoms with Gasteiger partial charge in [-0.2, -0.15) is 13.5 Å². The van der Waals surface area contributed by atoms with Gasteiger partial charge >= 0.3 is 10.1 Å². The Hall–Kier alpha value is -0.880. The highest BCUT2D eigenvalue weighted by Gasteiger charge is 2.12. The third kappa shape index (κ3) is 1.17. The number of aromatic nitrogens is 2. The van der Waals surface area contributed by atoms with E-state index in [1.165, 1.54) is 19.3 Å². The third-order valence-corrected chi connectivity index (χ3v) is 1.97. The molecule has 0 unspecified atom stereocenters. The van der Waals surface area contributed by atoms with E-state index in [-0.39, 0.29) is 5.03 Å². The minimum Gasteiger partial charge on any atom is -0.281 e. The summed E-state index contributed by atoms with van der Waals surface area (Å²) in [5, 5.41) is 3.36. The summed E-state index contributed by atoms with van der Waals surface area (Å²) in [6.07, 6.45) is 1.29. The Morgan fingerprint density at radius 2 is 2.30 bits per heavy atom. The van der Waals surface area contributed by atoms with Crippen LogP contribution in [0.15, 0.2) is 17.3 Å². The van der Waals surface area contributed by atoms with Gasteiger partial charge in [-0.1, -0.05) is 0 Å². The van der Waals surface area contributed by atoms with Crippen molar-refractivity contribution in [3.8, 4) is 0 Å². The first-order valence-corrected chi connectivity index (χ1v) is 3.91. The van der Waals surface area contributed by atoms with Crippen molar-refractivity contribution in [2.24, 2.45) is 7.05 Å². The van der Waals surface area contributed by atoms with Crippen LogP contribution < -0.4 is 0 Å². The molecule has 0 aromatic carbocycles. The summed E-state index contributed by atoms with van der Waals surface area (Å²) >= 11 is 0. The van der Waals surface area contributed by atoms with Gasteiger partial charge in [0.25, 0.3) is 0 Å². The fraction of sp³-hybridized carbons (Fsp3) is 0.250. The van der Waals surface area contributed by atoms with Crippen molar-refractivity contribution in [1.29, 1.82) is 0 Å². The monoisotopic (exact) mass is 162 g/mol. The number of aryl methyl sites for hydroxylation is 1. The zero-order chi connectivity index (χ0) is 7.78. The standard InChI is InChI=1S/C4H6N2O3S/c1-6-4(2-3-5-6)10(7,8)9/h2-3H,1H3,(H,7,8,9). The number of rotatable bonds is 1. The van der Waals surface area contributed by atoms with E-state index in [0.29, 0.717) is 0 Å². The van der Waals surface area contributed by atoms with Gasteiger partial charge in [-0.25, -0.2) is 0 Å². The van der Waals surface area contributed by atoms with Crippen LogP contribution in [0.5, 0.6) is 0 Å². The molecule has 10 heavy (non-hydrogen) atoms. The fourth-order valence-electron chi connectivity index (χ4n) is 0.615. The molecule has 1 aromatic rings. The molecule has 1 N–H and O–H groups in total. The van der Waals surface area contributed by atoms with Gasteiger partial charge in [0.05, 0.1) is 6.20 Å². The van der Waals surface area contributed by atoms with Gasteiger partial charge in [0.1, 0.15) is 0 Å². The Bertz CT molecular complexity index is 326. The highest BCUT2D eigenvalue weighted by Crippen LogP contribution is 2.03. The van der Waals surface area contributed by atoms with Gasteiger partial charge in [-0.05, 0) is 6.07 Å². The Kier molecular flexibility index (Phi) is 1.49. The molecule has 0 spiro atoms. The molecular formula is C4H6N2O3S. The molecule has 1 rings (SSSR count). The third-order valence-electron chi connectivity index (χ3n) is 1.04. The lowest BCUT2D eigenvalue weighted by molar-refractivity contribution is 0.470. The summed E-state index contributed by atoms with van der Waals surface area (Å²) in [6.45, 7) is 0. The molecule has 0 atom stereocenters. The van der Waals surface area contributed by atoms with E-state index >= 15 is 0 Å². The quantitative estimate of drug-likeness (QED) is 0.574. The number of hydrogen-bond acceptors (Lipinski definition) is 3. The molecular weight excluding hydrogens is 156 g/mol. The van der Waals surface area contributed by atoms with Crippen molar-refractivity contribution >= 4 is 10.1 Å². The fourth-order valence-corrected chi connectivity index (χ4v) is 1.23. The first-order valence-electron chi connectivity index (χ1n) is 2.47. The Labute approximate surface area is 58.0 Å². The second-order valence-corrected chi connectivity index (χ2v) is 3.14. The second-order valence-electron chi connectivity index (χ2n) is 1.77. The maximum absolute atomic E-state index is 10.4. The number of hydrogen-bond donors (Lipinski definition) is 1. The predicted molar refractivity (Wildman–Crippen MR) is 33.0 cm³/mol. The van der Waals surface area contributed by atoms with Crippen LogP contribution in [-0.4, -0.2) is 22.8 Å². The van der Waals surface area contributed by atoms with Gasteiger partial charge in [-0.15, -0.1) is 0 Å². The average Bonchev–Trinajstić information content (AvgIpc) is 2.11. The van der Waals surface area contributed by atoms with Gasteiger partial charge in [0.2, 0.25) is 0 Å². The maximum atomic E-state index is 10.4. The molecule has 0 saturated carbocycles. The Balaban J connectivity index is 3.32. The summed E-state index contributed by atoms with van der Waals surface area (Å²) in [5.41, 5.74) is 0. The molecule has 0 saturated heterocycles. The topological polar surface area (TPSA) is 72.2 Å². The van der Waals surface area contributed by atoms with Crippen molar-refractivity contribution in [1.82, 2.24) is 9.78 Å². The molecule has 0 aliphatic carbocycles. The smallest absolute Gasteiger partial charge is 0.281 e. The van der Waals surface area contributed by atoms with Crippen molar-refractivity contribution in [3.05, 3.63) is 12.3 Å². The first-order chi connectivity index (χ1) is 4.52. The predicted octanol–water partition coefficient (Wildman–Crippen LogP) is -0.333. The van der Waals surface area contributed by atoms with Crippen LogP contribution in [0, 0.1) is 0 Å². The molecule has 0 aliphatic rings. The van der Waals surface area contributed by atoms with Gasteiger partial charge < -0.3 is 0 Å². The highest BCUT2D eigenvalue weighted by molar-refractivity contribution is 7.85. The van der Waals surface area contributed by atoms with Gasteiger partial charge in [-0.3, -0.25) is 9.23 Å². The minimum atomic E-state index is -4.09. The molecule has 5 nitrogen and oxygen atoms in total. The summed E-state index contributed by atoms with van der Waals surface area (Å²) < 4.78 is 30.4. The second kappa shape index (κ2) is 2.06. The zero-order valence-electron chi connectivity index (χ0n) is 5.22. The molecule has 6 heteroatoms. The molecule has 0 aliphatic heterocycles. The minimum absolute atomic E-state index is 0.201. The first kappa shape index (κ1) is 7.23. The summed E-state index contributed by atoms with van der Waals surface area (Å²) in [6, 6.07) is 1.22. The normalized spacial score (nSPS) is 11.8. The largest absolute Gasteiger partial charge is 0.311 e. The SMILES string of the molecule is Cn1nccc1S(=O)(=O)O. The van der Waals surface area contributed by atoms with E-state index in [0.717, 1.165) is 4.68 Å². The van der Waals surface area contributed by atoms with Crippen LogP contribution in [0.1, 0.15) is 0 Å². The lowest BCUT2D eigenvalue weighted by Gasteiger charge is -1.94. The summed E-state index contributed by atoms with van der Waals surface area (Å²) in [4.78, 5) is 0. The van der Waals surface area contributed by atoms with Crippen molar-refractivity contribution in [2.45, 2.75) is 5.03 Å². The summed E-state index contributed by atoms with van der Waals surface area (Å²) in [7, 11) is -2.66. The van der Waals surface area contributed by atoms with E-state index in [9.17, 15) is 8.42 Å². The number of nitrogens with zero attached hydrogens (tertiary/aromatic N) is 2. The van der Waals surface area contributed by atoms with Gasteiger partial charge in [0.15, 0.2) is 5.03 Å². The van der Waals surface area contributed by atoms with E-state index in [1.54, 1.807) is 0 Å². The highest BCUT2D eigenvalue weighted by atomic mass is 32.2. The maximum Gasteiger partial charge on any atom is 0.311 e. The van der Waals surface area contributed by atoms with Crippen molar-refractivity contribution in [3.63, 3.8) is 0 Å². The van der Waals surface area contributed by atoms with Crippen LogP contribution in [0.2, 0.25) is 0 Å². The molecule has 0 fully saturated rings. The van der Waals surface area contributed by atoms with Crippen molar-refractivity contribution in [2.75, 3.05) is 0 Å². The van der Waals surface area contributed by atoms with Crippen LogP contribution in [0.25, 0.3) is 0 Å². The van der Waals surface area contributed by atoms with Gasteiger partial charge in [0, 0.05) is 7.05 Å². The van der Waals surface area contributed by atoms with Crippen LogP contribution >= 0.6 is 0 Å². The van der Waals surface area contributed by atoms with Crippen LogP contribution in [0.3, 0.4) is 0 Å².